The zero-order valence-electron chi connectivity index (χ0n) is 29.8. The van der Waals surface area contributed by atoms with Gasteiger partial charge >= 0.3 is 0 Å². The molecule has 6 nitrogen and oxygen atoms in total. The van der Waals surface area contributed by atoms with Crippen molar-refractivity contribution in [3.8, 4) is 28.3 Å². The zero-order valence-corrected chi connectivity index (χ0v) is 29.8. The summed E-state index contributed by atoms with van der Waals surface area (Å²) in [6, 6.07) is 31.7. The van der Waals surface area contributed by atoms with Crippen molar-refractivity contribution in [2.75, 3.05) is 0 Å². The van der Waals surface area contributed by atoms with Crippen LogP contribution in [0.25, 0.3) is 66.9 Å². The fourth-order valence-corrected chi connectivity index (χ4v) is 6.96. The van der Waals surface area contributed by atoms with Crippen LogP contribution in [0.4, 0.5) is 0 Å². The molecule has 0 aliphatic carbocycles. The molecule has 0 fully saturated rings. The standard InChI is InChI=1S/C43H43N5O/c1-41(2,3)26-21-29(38(49)30(22-26)43(7,8)9)34-24-27(42(4,5)6)23-33(44-34)25-18-19-32-37(20-25)48-39(45-32)28-14-10-12-16-35(28)47-36-17-13-11-15-31(36)46-40(47)48/h10-24,49H,1-9H3. The smallest absolute Gasteiger partial charge is 0.221 e. The summed E-state index contributed by atoms with van der Waals surface area (Å²) < 4.78 is 4.42. The molecule has 0 saturated carbocycles. The Morgan fingerprint density at radius 3 is 1.88 bits per heavy atom. The molecule has 49 heavy (non-hydrogen) atoms. The number of hydrogen-bond donors (Lipinski definition) is 1. The number of fused-ring (bicyclic) bond motifs is 10. The van der Waals surface area contributed by atoms with E-state index in [-0.39, 0.29) is 16.2 Å². The first-order chi connectivity index (χ1) is 23.1. The summed E-state index contributed by atoms with van der Waals surface area (Å²) in [6.45, 7) is 19.8. The Morgan fingerprint density at radius 2 is 1.16 bits per heavy atom. The number of benzene rings is 4. The second-order valence-corrected chi connectivity index (χ2v) is 16.5. The lowest BCUT2D eigenvalue weighted by Crippen LogP contribution is -2.17. The van der Waals surface area contributed by atoms with E-state index < -0.39 is 0 Å². The molecular formula is C43H43N5O. The van der Waals surface area contributed by atoms with E-state index in [1.807, 2.05) is 6.07 Å². The lowest BCUT2D eigenvalue weighted by molar-refractivity contribution is 0.446. The first-order valence-electron chi connectivity index (χ1n) is 17.1. The van der Waals surface area contributed by atoms with E-state index in [0.29, 0.717) is 5.75 Å². The Balaban J connectivity index is 1.42. The number of pyridine rings is 1. The van der Waals surface area contributed by atoms with E-state index in [9.17, 15) is 5.11 Å². The number of nitrogens with zero attached hydrogens (tertiary/aromatic N) is 5. The molecule has 0 unspecified atom stereocenters. The fraction of sp³-hybridized carbons (Fsp3) is 0.279. The highest BCUT2D eigenvalue weighted by atomic mass is 16.3. The van der Waals surface area contributed by atoms with E-state index in [0.717, 1.165) is 78.0 Å². The van der Waals surface area contributed by atoms with Gasteiger partial charge in [0.1, 0.15) is 11.4 Å². The van der Waals surface area contributed by atoms with Crippen LogP contribution < -0.4 is 0 Å². The SMILES string of the molecule is CC(C)(C)c1cc(-c2ccc3nc4c5ccccc5n5c6ccccc6nc5n4c3c2)nc(-c2cc(C(C)(C)C)cc(C(C)(C)C)c2O)c1. The zero-order chi connectivity index (χ0) is 34.6. The van der Waals surface area contributed by atoms with Gasteiger partial charge in [0.2, 0.25) is 5.78 Å². The number of aromatic nitrogens is 5. The molecule has 1 N–H and O–H groups in total. The minimum absolute atomic E-state index is 0.103. The quantitative estimate of drug-likeness (QED) is 0.203. The monoisotopic (exact) mass is 645 g/mol. The Labute approximate surface area is 287 Å². The van der Waals surface area contributed by atoms with Crippen LogP contribution in [-0.2, 0) is 16.2 Å². The van der Waals surface area contributed by atoms with Crippen LogP contribution in [0, 0.1) is 0 Å². The van der Waals surface area contributed by atoms with Crippen molar-refractivity contribution < 1.29 is 5.11 Å². The van der Waals surface area contributed by atoms with Crippen LogP contribution >= 0.6 is 0 Å². The number of phenolic OH excluding ortho intramolecular Hbond substituents is 1. The maximum absolute atomic E-state index is 11.8. The highest BCUT2D eigenvalue weighted by Crippen LogP contribution is 2.43. The molecule has 0 atom stereocenters. The van der Waals surface area contributed by atoms with Gasteiger partial charge in [-0.05, 0) is 82.0 Å². The summed E-state index contributed by atoms with van der Waals surface area (Å²) in [5.41, 5.74) is 11.9. The van der Waals surface area contributed by atoms with E-state index in [1.165, 1.54) is 5.56 Å². The van der Waals surface area contributed by atoms with Gasteiger partial charge in [0.05, 0.1) is 39.0 Å². The molecule has 4 aromatic carbocycles. The largest absolute Gasteiger partial charge is 0.507 e. The summed E-state index contributed by atoms with van der Waals surface area (Å²) in [6.07, 6.45) is 0. The lowest BCUT2D eigenvalue weighted by atomic mass is 9.78. The third kappa shape index (κ3) is 4.96. The van der Waals surface area contributed by atoms with Gasteiger partial charge in [-0.15, -0.1) is 0 Å². The van der Waals surface area contributed by atoms with Crippen molar-refractivity contribution in [3.05, 3.63) is 108 Å². The van der Waals surface area contributed by atoms with Gasteiger partial charge in [-0.1, -0.05) is 98.7 Å². The minimum Gasteiger partial charge on any atom is -0.507 e. The number of imidazole rings is 2. The summed E-state index contributed by atoms with van der Waals surface area (Å²) in [5.74, 6) is 1.12. The normalized spacial score (nSPS) is 13.1. The fourth-order valence-electron chi connectivity index (χ4n) is 6.96. The Hall–Kier alpha value is -5.23. The molecule has 0 amide bonds. The van der Waals surface area contributed by atoms with E-state index in [2.05, 4.69) is 156 Å². The summed E-state index contributed by atoms with van der Waals surface area (Å²) in [5, 5.41) is 12.9. The minimum atomic E-state index is -0.244. The molecule has 0 aliphatic rings. The van der Waals surface area contributed by atoms with E-state index >= 15 is 0 Å². The van der Waals surface area contributed by atoms with Crippen molar-refractivity contribution in [2.24, 2.45) is 0 Å². The van der Waals surface area contributed by atoms with Crippen LogP contribution in [0.3, 0.4) is 0 Å². The second-order valence-electron chi connectivity index (χ2n) is 16.5. The van der Waals surface area contributed by atoms with Crippen molar-refractivity contribution in [3.63, 3.8) is 0 Å². The molecular weight excluding hydrogens is 603 g/mol. The van der Waals surface area contributed by atoms with Gasteiger partial charge in [0, 0.05) is 22.1 Å². The Bertz CT molecular complexity index is 2620. The number of rotatable bonds is 2. The Morgan fingerprint density at radius 1 is 0.531 bits per heavy atom. The number of hydrogen-bond acceptors (Lipinski definition) is 4. The third-order valence-electron chi connectivity index (χ3n) is 9.83. The molecule has 8 aromatic rings. The molecule has 6 heteroatoms. The highest BCUT2D eigenvalue weighted by molar-refractivity contribution is 6.02. The molecule has 4 heterocycles. The van der Waals surface area contributed by atoms with Gasteiger partial charge in [0.25, 0.3) is 0 Å². The van der Waals surface area contributed by atoms with Crippen LogP contribution in [-0.4, -0.2) is 28.9 Å². The molecule has 0 aliphatic heterocycles. The van der Waals surface area contributed by atoms with Crippen molar-refractivity contribution in [2.45, 2.75) is 78.6 Å². The van der Waals surface area contributed by atoms with Crippen LogP contribution in [0.15, 0.2) is 91.0 Å². The lowest BCUT2D eigenvalue weighted by Gasteiger charge is -2.28. The van der Waals surface area contributed by atoms with Gasteiger partial charge in [-0.25, -0.2) is 15.0 Å². The number of aromatic hydroxyl groups is 1. The molecule has 0 spiro atoms. The molecule has 0 bridgehead atoms. The molecule has 8 rings (SSSR count). The highest BCUT2D eigenvalue weighted by Gasteiger charge is 2.27. The Kier molecular flexibility index (Phi) is 6.58. The van der Waals surface area contributed by atoms with Crippen molar-refractivity contribution in [1.82, 2.24) is 23.8 Å². The molecule has 0 radical (unpaired) electrons. The third-order valence-corrected chi connectivity index (χ3v) is 9.83. The van der Waals surface area contributed by atoms with Gasteiger partial charge in [0.15, 0.2) is 0 Å². The predicted octanol–water partition coefficient (Wildman–Crippen LogP) is 10.8. The van der Waals surface area contributed by atoms with Crippen molar-refractivity contribution >= 4 is 44.4 Å². The topological polar surface area (TPSA) is 67.7 Å². The first kappa shape index (κ1) is 31.1. The predicted molar refractivity (Wildman–Crippen MR) is 203 cm³/mol. The summed E-state index contributed by atoms with van der Waals surface area (Å²) in [7, 11) is 0. The average molecular weight is 646 g/mol. The van der Waals surface area contributed by atoms with Gasteiger partial charge in [-0.3, -0.25) is 8.80 Å². The van der Waals surface area contributed by atoms with Crippen LogP contribution in [0.5, 0.6) is 5.75 Å². The molecule has 0 saturated heterocycles. The number of para-hydroxylation sites is 3. The maximum atomic E-state index is 11.8. The number of phenols is 1. The maximum Gasteiger partial charge on any atom is 0.221 e. The van der Waals surface area contributed by atoms with Crippen LogP contribution in [0.2, 0.25) is 0 Å². The van der Waals surface area contributed by atoms with Crippen molar-refractivity contribution in [1.29, 1.82) is 0 Å². The summed E-state index contributed by atoms with van der Waals surface area (Å²) >= 11 is 0. The second kappa shape index (κ2) is 10.4. The van der Waals surface area contributed by atoms with E-state index in [4.69, 9.17) is 15.0 Å². The average Bonchev–Trinajstić information content (AvgIpc) is 3.62. The van der Waals surface area contributed by atoms with Gasteiger partial charge in [-0.2, -0.15) is 0 Å². The van der Waals surface area contributed by atoms with Crippen LogP contribution in [0.1, 0.15) is 79.0 Å². The molecule has 246 valence electrons. The van der Waals surface area contributed by atoms with E-state index in [1.54, 1.807) is 0 Å². The first-order valence-corrected chi connectivity index (χ1v) is 17.1. The van der Waals surface area contributed by atoms with Gasteiger partial charge < -0.3 is 5.11 Å². The summed E-state index contributed by atoms with van der Waals surface area (Å²) in [4.78, 5) is 15.6. The molecule has 4 aromatic heterocycles.